The Morgan fingerprint density at radius 1 is 1.21 bits per heavy atom. The van der Waals surface area contributed by atoms with E-state index in [1.165, 1.54) is 22.5 Å². The summed E-state index contributed by atoms with van der Waals surface area (Å²) in [6.07, 6.45) is -3.70. The van der Waals surface area contributed by atoms with Gasteiger partial charge in [0, 0.05) is 18.8 Å². The summed E-state index contributed by atoms with van der Waals surface area (Å²) in [6, 6.07) is 4.09. The molecule has 0 radical (unpaired) electrons. The molecule has 0 atom stereocenters. The predicted octanol–water partition coefficient (Wildman–Crippen LogP) is 3.06. The molecule has 0 saturated carbocycles. The number of nitrogens with zero attached hydrogens (tertiary/aromatic N) is 1. The number of carbonyl (C=O) groups is 1. The Kier molecular flexibility index (Phi) is 5.54. The fourth-order valence-corrected chi connectivity index (χ4v) is 4.07. The molecule has 1 aromatic carbocycles. The second kappa shape index (κ2) is 7.10. The Morgan fingerprint density at radius 2 is 1.83 bits per heavy atom. The molecule has 0 aromatic heterocycles. The van der Waals surface area contributed by atoms with Gasteiger partial charge in [-0.25, -0.2) is 8.42 Å². The van der Waals surface area contributed by atoms with Gasteiger partial charge in [-0.1, -0.05) is 12.5 Å². The molecule has 0 bridgehead atoms. The zero-order valence-corrected chi connectivity index (χ0v) is 14.0. The number of aryl methyl sites for hydroxylation is 1. The van der Waals surface area contributed by atoms with E-state index in [4.69, 9.17) is 0 Å². The number of amides is 1. The highest BCUT2D eigenvalue weighted by molar-refractivity contribution is 7.89. The highest BCUT2D eigenvalue weighted by atomic mass is 32.2. The van der Waals surface area contributed by atoms with E-state index in [0.717, 1.165) is 19.3 Å². The summed E-state index contributed by atoms with van der Waals surface area (Å²) in [5.74, 6) is -1.22. The maximum atomic E-state index is 12.6. The molecule has 1 N–H and O–H groups in total. The van der Waals surface area contributed by atoms with Crippen molar-refractivity contribution < 1.29 is 26.4 Å². The average molecular weight is 364 g/mol. The van der Waals surface area contributed by atoms with Crippen LogP contribution in [0.1, 0.15) is 31.2 Å². The molecular weight excluding hydrogens is 345 g/mol. The lowest BCUT2D eigenvalue weighted by molar-refractivity contribution is -0.150. The minimum Gasteiger partial charge on any atom is -0.326 e. The summed E-state index contributed by atoms with van der Waals surface area (Å²) in [4.78, 5) is 11.4. The first-order chi connectivity index (χ1) is 11.1. The van der Waals surface area contributed by atoms with Crippen molar-refractivity contribution in [2.75, 3.05) is 18.4 Å². The van der Waals surface area contributed by atoms with E-state index in [9.17, 15) is 26.4 Å². The van der Waals surface area contributed by atoms with Gasteiger partial charge in [0.25, 0.3) is 0 Å². The van der Waals surface area contributed by atoms with E-state index < -0.39 is 28.5 Å². The summed E-state index contributed by atoms with van der Waals surface area (Å²) in [5, 5.41) is 2.14. The Bertz CT molecular complexity index is 711. The average Bonchev–Trinajstić information content (AvgIpc) is 2.48. The number of nitrogens with one attached hydrogen (secondary N) is 1. The molecule has 5 nitrogen and oxygen atoms in total. The van der Waals surface area contributed by atoms with Gasteiger partial charge in [-0.15, -0.1) is 0 Å². The zero-order chi connectivity index (χ0) is 18.0. The molecule has 1 fully saturated rings. The van der Waals surface area contributed by atoms with Crippen LogP contribution >= 0.6 is 0 Å². The molecule has 24 heavy (non-hydrogen) atoms. The molecule has 1 aromatic rings. The number of halogens is 3. The summed E-state index contributed by atoms with van der Waals surface area (Å²) in [7, 11) is -3.71. The molecule has 0 unspecified atom stereocenters. The molecule has 1 amide bonds. The topological polar surface area (TPSA) is 66.5 Å². The lowest BCUT2D eigenvalue weighted by atomic mass is 10.2. The Hall–Kier alpha value is -1.61. The molecule has 0 spiro atoms. The summed E-state index contributed by atoms with van der Waals surface area (Å²) in [6.45, 7) is 2.43. The Morgan fingerprint density at radius 3 is 2.42 bits per heavy atom. The number of carbonyl (C=O) groups excluding carboxylic acids is 1. The van der Waals surface area contributed by atoms with Crippen molar-refractivity contribution in [3.05, 3.63) is 23.8 Å². The largest absolute Gasteiger partial charge is 0.397 e. The minimum atomic E-state index is -4.62. The van der Waals surface area contributed by atoms with Crippen LogP contribution in [0.4, 0.5) is 18.9 Å². The van der Waals surface area contributed by atoms with Crippen LogP contribution in [0.3, 0.4) is 0 Å². The Balaban J connectivity index is 2.23. The third-order valence-corrected chi connectivity index (χ3v) is 5.69. The van der Waals surface area contributed by atoms with Crippen LogP contribution in [0.25, 0.3) is 0 Å². The fourth-order valence-electron chi connectivity index (χ4n) is 2.53. The number of hydrogen-bond donors (Lipinski definition) is 1. The van der Waals surface area contributed by atoms with E-state index in [1.54, 1.807) is 6.92 Å². The standard InChI is InChI=1S/C15H19F3N2O3S/c1-11-5-6-12(24(22,23)20-7-3-2-4-8-20)9-13(11)19-14(21)10-15(16,17)18/h5-6,9H,2-4,7-8,10H2,1H3,(H,19,21). The molecule has 0 aliphatic carbocycles. The van der Waals surface area contributed by atoms with Crippen LogP contribution in [0.15, 0.2) is 23.1 Å². The normalized spacial score (nSPS) is 16.8. The van der Waals surface area contributed by atoms with E-state index in [1.807, 2.05) is 0 Å². The van der Waals surface area contributed by atoms with Crippen LogP contribution in [0.5, 0.6) is 0 Å². The number of benzene rings is 1. The molecule has 134 valence electrons. The first-order valence-corrected chi connectivity index (χ1v) is 9.01. The van der Waals surface area contributed by atoms with Gasteiger partial charge >= 0.3 is 6.18 Å². The fraction of sp³-hybridized carbons (Fsp3) is 0.533. The Labute approximate surface area is 138 Å². The van der Waals surface area contributed by atoms with Crippen molar-refractivity contribution in [2.24, 2.45) is 0 Å². The molecule has 1 aliphatic heterocycles. The third kappa shape index (κ3) is 4.70. The number of rotatable bonds is 4. The monoisotopic (exact) mass is 364 g/mol. The van der Waals surface area contributed by atoms with Gasteiger partial charge in [0.2, 0.25) is 15.9 Å². The lowest BCUT2D eigenvalue weighted by Gasteiger charge is -2.26. The number of anilines is 1. The van der Waals surface area contributed by atoms with Gasteiger partial charge in [0.15, 0.2) is 0 Å². The van der Waals surface area contributed by atoms with Crippen molar-refractivity contribution in [2.45, 2.75) is 43.7 Å². The number of piperidine rings is 1. The third-order valence-electron chi connectivity index (χ3n) is 3.80. The number of sulfonamides is 1. The summed E-state index contributed by atoms with van der Waals surface area (Å²) >= 11 is 0. The van der Waals surface area contributed by atoms with Crippen molar-refractivity contribution in [3.8, 4) is 0 Å². The molecule has 2 rings (SSSR count). The van der Waals surface area contributed by atoms with Gasteiger partial charge in [-0.2, -0.15) is 17.5 Å². The van der Waals surface area contributed by atoms with Gasteiger partial charge in [-0.3, -0.25) is 4.79 Å². The van der Waals surface area contributed by atoms with Gasteiger partial charge < -0.3 is 5.32 Å². The highest BCUT2D eigenvalue weighted by Gasteiger charge is 2.32. The highest BCUT2D eigenvalue weighted by Crippen LogP contribution is 2.26. The number of alkyl halides is 3. The van der Waals surface area contributed by atoms with Crippen LogP contribution in [-0.2, 0) is 14.8 Å². The summed E-state index contributed by atoms with van der Waals surface area (Å²) in [5.41, 5.74) is 0.561. The van der Waals surface area contributed by atoms with E-state index >= 15 is 0 Å². The molecule has 1 heterocycles. The van der Waals surface area contributed by atoms with Crippen LogP contribution in [0.2, 0.25) is 0 Å². The molecule has 1 saturated heterocycles. The molecular formula is C15H19F3N2O3S. The lowest BCUT2D eigenvalue weighted by Crippen LogP contribution is -2.35. The van der Waals surface area contributed by atoms with Crippen LogP contribution in [0, 0.1) is 6.92 Å². The smallest absolute Gasteiger partial charge is 0.326 e. The van der Waals surface area contributed by atoms with E-state index in [-0.39, 0.29) is 10.6 Å². The van der Waals surface area contributed by atoms with Crippen molar-refractivity contribution in [3.63, 3.8) is 0 Å². The second-order valence-corrected chi connectivity index (χ2v) is 7.72. The number of hydrogen-bond acceptors (Lipinski definition) is 3. The molecule has 9 heteroatoms. The quantitative estimate of drug-likeness (QED) is 0.893. The van der Waals surface area contributed by atoms with E-state index in [0.29, 0.717) is 18.7 Å². The van der Waals surface area contributed by atoms with Crippen molar-refractivity contribution in [1.82, 2.24) is 4.31 Å². The van der Waals surface area contributed by atoms with Gasteiger partial charge in [0.1, 0.15) is 6.42 Å². The second-order valence-electron chi connectivity index (χ2n) is 5.78. The summed E-state index contributed by atoms with van der Waals surface area (Å²) < 4.78 is 63.3. The van der Waals surface area contributed by atoms with Gasteiger partial charge in [-0.05, 0) is 37.5 Å². The van der Waals surface area contributed by atoms with Crippen molar-refractivity contribution in [1.29, 1.82) is 0 Å². The zero-order valence-electron chi connectivity index (χ0n) is 13.2. The maximum absolute atomic E-state index is 12.6. The van der Waals surface area contributed by atoms with Gasteiger partial charge in [0.05, 0.1) is 4.90 Å². The van der Waals surface area contributed by atoms with Crippen LogP contribution < -0.4 is 5.32 Å². The van der Waals surface area contributed by atoms with Crippen molar-refractivity contribution >= 4 is 21.6 Å². The van der Waals surface area contributed by atoms with Crippen LogP contribution in [-0.4, -0.2) is 37.9 Å². The minimum absolute atomic E-state index is 0.0303. The first kappa shape index (κ1) is 18.7. The van der Waals surface area contributed by atoms with E-state index in [2.05, 4.69) is 5.32 Å². The first-order valence-electron chi connectivity index (χ1n) is 7.57. The maximum Gasteiger partial charge on any atom is 0.397 e. The SMILES string of the molecule is Cc1ccc(S(=O)(=O)N2CCCCC2)cc1NC(=O)CC(F)(F)F. The predicted molar refractivity (Wildman–Crippen MR) is 83.1 cm³/mol. The molecule has 1 aliphatic rings.